The lowest BCUT2D eigenvalue weighted by Gasteiger charge is -2.35. The van der Waals surface area contributed by atoms with Gasteiger partial charge in [-0.05, 0) is 41.4 Å². The molecule has 0 aliphatic carbocycles. The molecule has 27 heavy (non-hydrogen) atoms. The van der Waals surface area contributed by atoms with Crippen LogP contribution in [-0.2, 0) is 0 Å². The minimum Gasteiger partial charge on any atom is -0.478 e. The summed E-state index contributed by atoms with van der Waals surface area (Å²) in [6.07, 6.45) is 0.397. The van der Waals surface area contributed by atoms with Crippen LogP contribution in [0.2, 0.25) is 5.02 Å². The third kappa shape index (κ3) is 4.08. The topological polar surface area (TPSA) is 98.3 Å². The number of carboxylic acids is 1. The molecule has 0 radical (unpaired) electrons. The van der Waals surface area contributed by atoms with Crippen LogP contribution in [0.4, 0.5) is 10.2 Å². The molecule has 1 aliphatic heterocycles. The first-order valence-corrected chi connectivity index (χ1v) is 9.37. The Morgan fingerprint density at radius 2 is 2.26 bits per heavy atom. The Morgan fingerprint density at radius 3 is 2.85 bits per heavy atom. The number of alkyl halides is 1. The number of pyridine rings is 1. The number of hydrogen-bond donors (Lipinski definition) is 3. The lowest BCUT2D eigenvalue weighted by molar-refractivity contribution is 0.0696. The van der Waals surface area contributed by atoms with Crippen LogP contribution in [0.15, 0.2) is 22.8 Å². The fourth-order valence-electron chi connectivity index (χ4n) is 2.97. The van der Waals surface area contributed by atoms with Gasteiger partial charge in [0.05, 0.1) is 27.6 Å². The van der Waals surface area contributed by atoms with Gasteiger partial charge in [-0.25, -0.2) is 14.2 Å². The molecule has 1 amide bonds. The average molecular weight is 460 g/mol. The van der Waals surface area contributed by atoms with Crippen LogP contribution in [0.1, 0.15) is 33.0 Å². The van der Waals surface area contributed by atoms with Crippen LogP contribution in [0.5, 0.6) is 0 Å². The molecule has 1 saturated heterocycles. The van der Waals surface area contributed by atoms with Gasteiger partial charge in [-0.2, -0.15) is 0 Å². The first-order chi connectivity index (χ1) is 12.8. The lowest BCUT2D eigenvalue weighted by Crippen LogP contribution is -2.52. The van der Waals surface area contributed by atoms with Gasteiger partial charge in [-0.15, -0.1) is 0 Å². The summed E-state index contributed by atoms with van der Waals surface area (Å²) in [5.41, 5.74) is 0.987. The molecule has 2 aromatic heterocycles. The number of carboxylic acid groups (broad SMARTS) is 1. The van der Waals surface area contributed by atoms with E-state index in [-0.39, 0.29) is 22.8 Å². The summed E-state index contributed by atoms with van der Waals surface area (Å²) < 4.78 is 15.3. The zero-order chi connectivity index (χ0) is 19.7. The maximum atomic E-state index is 14.7. The van der Waals surface area contributed by atoms with Crippen molar-refractivity contribution < 1.29 is 19.1 Å². The number of aromatic carboxylic acids is 1. The first-order valence-electron chi connectivity index (χ1n) is 8.20. The average Bonchev–Trinajstić information content (AvgIpc) is 2.91. The van der Waals surface area contributed by atoms with Gasteiger partial charge in [-0.3, -0.25) is 4.79 Å². The van der Waals surface area contributed by atoms with E-state index in [0.717, 1.165) is 0 Å². The molecule has 0 bridgehead atoms. The van der Waals surface area contributed by atoms with Gasteiger partial charge in [0.2, 0.25) is 0 Å². The Morgan fingerprint density at radius 1 is 1.52 bits per heavy atom. The van der Waals surface area contributed by atoms with Crippen LogP contribution in [0.25, 0.3) is 0 Å². The van der Waals surface area contributed by atoms with Crippen LogP contribution in [0.3, 0.4) is 0 Å². The van der Waals surface area contributed by atoms with Crippen molar-refractivity contribution in [3.63, 3.8) is 0 Å². The molecule has 2 atom stereocenters. The number of nitrogens with one attached hydrogen (secondary N) is 2. The minimum absolute atomic E-state index is 0.00218. The molecule has 0 unspecified atom stereocenters. The van der Waals surface area contributed by atoms with Crippen molar-refractivity contribution in [1.82, 2.24) is 15.3 Å². The first kappa shape index (κ1) is 19.6. The molecule has 0 spiro atoms. The van der Waals surface area contributed by atoms with Gasteiger partial charge in [0.1, 0.15) is 17.7 Å². The number of aryl methyl sites for hydroxylation is 1. The summed E-state index contributed by atoms with van der Waals surface area (Å²) in [5, 5.41) is 12.0. The van der Waals surface area contributed by atoms with E-state index in [9.17, 15) is 14.0 Å². The monoisotopic (exact) mass is 458 g/mol. The summed E-state index contributed by atoms with van der Waals surface area (Å²) in [7, 11) is 0. The maximum absolute atomic E-state index is 14.7. The van der Waals surface area contributed by atoms with E-state index in [1.807, 2.05) is 0 Å². The Hall–Kier alpha value is -2.13. The molecule has 1 aliphatic rings. The third-order valence-electron chi connectivity index (χ3n) is 4.46. The van der Waals surface area contributed by atoms with Crippen molar-refractivity contribution >= 4 is 45.2 Å². The Labute approximate surface area is 168 Å². The number of aromatic amines is 1. The molecular formula is C17H17BrClFN4O3. The number of rotatable bonds is 4. The van der Waals surface area contributed by atoms with Gasteiger partial charge in [0.25, 0.3) is 5.91 Å². The van der Waals surface area contributed by atoms with Crippen LogP contribution >= 0.6 is 27.5 Å². The Bertz CT molecular complexity index is 891. The van der Waals surface area contributed by atoms with E-state index in [0.29, 0.717) is 29.0 Å². The highest BCUT2D eigenvalue weighted by atomic mass is 79.9. The SMILES string of the molecule is Cc1[nH]c(C(=O)N[C@@H]2CCN(c3cc(C(=O)O)ccn3)C[C@@H]2F)c(Cl)c1Br. The second-order valence-electron chi connectivity index (χ2n) is 6.29. The Kier molecular flexibility index (Phi) is 5.71. The molecule has 144 valence electrons. The quantitative estimate of drug-likeness (QED) is 0.652. The molecule has 3 N–H and O–H groups in total. The highest BCUT2D eigenvalue weighted by molar-refractivity contribution is 9.10. The smallest absolute Gasteiger partial charge is 0.335 e. The predicted octanol–water partition coefficient (Wildman–Crippen LogP) is 3.18. The van der Waals surface area contributed by atoms with Crippen molar-refractivity contribution in [3.8, 4) is 0 Å². The number of aromatic nitrogens is 2. The predicted molar refractivity (Wildman–Crippen MR) is 102 cm³/mol. The fraction of sp³-hybridized carbons (Fsp3) is 0.353. The zero-order valence-electron chi connectivity index (χ0n) is 14.3. The van der Waals surface area contributed by atoms with Crippen molar-refractivity contribution in [3.05, 3.63) is 44.8 Å². The molecule has 0 aromatic carbocycles. The minimum atomic E-state index is -1.34. The molecular weight excluding hydrogens is 443 g/mol. The van der Waals surface area contributed by atoms with Gasteiger partial charge in [0.15, 0.2) is 0 Å². The van der Waals surface area contributed by atoms with Crippen LogP contribution in [0, 0.1) is 6.92 Å². The molecule has 3 heterocycles. The summed E-state index contributed by atoms with van der Waals surface area (Å²) in [4.78, 5) is 32.2. The van der Waals surface area contributed by atoms with Crippen molar-refractivity contribution in [2.75, 3.05) is 18.0 Å². The molecule has 0 saturated carbocycles. The zero-order valence-corrected chi connectivity index (χ0v) is 16.6. The molecule has 1 fully saturated rings. The van der Waals surface area contributed by atoms with Gasteiger partial charge >= 0.3 is 5.97 Å². The summed E-state index contributed by atoms with van der Waals surface area (Å²) in [6, 6.07) is 2.12. The fourth-order valence-corrected chi connectivity index (χ4v) is 3.54. The van der Waals surface area contributed by atoms with E-state index < -0.39 is 24.1 Å². The van der Waals surface area contributed by atoms with E-state index in [1.54, 1.807) is 11.8 Å². The van der Waals surface area contributed by atoms with Crippen LogP contribution < -0.4 is 10.2 Å². The molecule has 7 nitrogen and oxygen atoms in total. The van der Waals surface area contributed by atoms with Crippen molar-refractivity contribution in [2.24, 2.45) is 0 Å². The number of piperidine rings is 1. The number of amides is 1. The van der Waals surface area contributed by atoms with E-state index in [1.165, 1.54) is 18.3 Å². The van der Waals surface area contributed by atoms with Crippen molar-refractivity contribution in [2.45, 2.75) is 25.6 Å². The lowest BCUT2D eigenvalue weighted by atomic mass is 10.0. The summed E-state index contributed by atoms with van der Waals surface area (Å²) in [6.45, 7) is 2.20. The number of anilines is 1. The third-order valence-corrected chi connectivity index (χ3v) is 6.05. The number of H-pyrrole nitrogens is 1. The second kappa shape index (κ2) is 7.85. The van der Waals surface area contributed by atoms with Crippen molar-refractivity contribution in [1.29, 1.82) is 0 Å². The Balaban J connectivity index is 1.66. The van der Waals surface area contributed by atoms with E-state index in [2.05, 4.69) is 31.2 Å². The highest BCUT2D eigenvalue weighted by Gasteiger charge is 2.32. The van der Waals surface area contributed by atoms with E-state index in [4.69, 9.17) is 16.7 Å². The number of nitrogens with zero attached hydrogens (tertiary/aromatic N) is 2. The highest BCUT2D eigenvalue weighted by Crippen LogP contribution is 2.30. The second-order valence-corrected chi connectivity index (χ2v) is 7.46. The molecule has 3 rings (SSSR count). The molecule has 2 aromatic rings. The normalized spacial score (nSPS) is 19.8. The standard InChI is InChI=1S/C17H17BrClFN4O3/c1-8-13(18)14(19)15(22-8)16(25)23-11-3-5-24(7-10(11)20)12-6-9(17(26)27)2-4-21-12/h2,4,6,10-11,22H,3,5,7H2,1H3,(H,23,25)(H,26,27)/t10-,11+/m0/s1. The molecule has 10 heteroatoms. The number of carbonyl (C=O) groups excluding carboxylic acids is 1. The largest absolute Gasteiger partial charge is 0.478 e. The number of hydrogen-bond acceptors (Lipinski definition) is 4. The summed E-state index contributed by atoms with van der Waals surface area (Å²) >= 11 is 9.39. The van der Waals surface area contributed by atoms with Gasteiger partial charge in [0, 0.05) is 18.4 Å². The van der Waals surface area contributed by atoms with Gasteiger partial charge in [-0.1, -0.05) is 11.6 Å². The summed E-state index contributed by atoms with van der Waals surface area (Å²) in [5.74, 6) is -1.14. The number of carbonyl (C=O) groups is 2. The van der Waals surface area contributed by atoms with Crippen LogP contribution in [-0.4, -0.2) is 52.3 Å². The van der Waals surface area contributed by atoms with Gasteiger partial charge < -0.3 is 20.3 Å². The maximum Gasteiger partial charge on any atom is 0.335 e. The number of halogens is 3. The van der Waals surface area contributed by atoms with E-state index >= 15 is 0 Å².